The van der Waals surface area contributed by atoms with Gasteiger partial charge in [-0.15, -0.1) is 0 Å². The van der Waals surface area contributed by atoms with Crippen molar-refractivity contribution >= 4 is 0 Å². The molecule has 1 aromatic rings. The van der Waals surface area contributed by atoms with E-state index in [4.69, 9.17) is 5.11 Å². The van der Waals surface area contributed by atoms with Gasteiger partial charge < -0.3 is 5.11 Å². The fourth-order valence-corrected chi connectivity index (χ4v) is 2.19. The molecule has 1 rings (SSSR count). The predicted octanol–water partition coefficient (Wildman–Crippen LogP) is 6.54. The molecule has 1 aromatic carbocycles. The Morgan fingerprint density at radius 3 is 1.12 bits per heavy atom. The second kappa shape index (κ2) is 8.00. The lowest BCUT2D eigenvalue weighted by Gasteiger charge is -2.40. The summed E-state index contributed by atoms with van der Waals surface area (Å²) in [5.74, 6) is -54.8. The van der Waals surface area contributed by atoms with Crippen molar-refractivity contribution in [3.63, 3.8) is 0 Å². The van der Waals surface area contributed by atoms with Gasteiger partial charge in [-0.1, -0.05) is 0 Å². The van der Waals surface area contributed by atoms with Crippen LogP contribution in [0.25, 0.3) is 0 Å². The Labute approximate surface area is 168 Å². The van der Waals surface area contributed by atoms with Gasteiger partial charge in [0.25, 0.3) is 0 Å². The minimum atomic E-state index is -8.28. The molecule has 1 N–H and O–H groups in total. The molecule has 1 nitrogen and oxygen atoms in total. The molecule has 1 unspecified atom stereocenters. The Balaban J connectivity index is 3.54. The van der Waals surface area contributed by atoms with Crippen LogP contribution >= 0.6 is 0 Å². The number of rotatable bonds is 7. The van der Waals surface area contributed by atoms with Gasteiger partial charge in [-0.2, -0.15) is 57.1 Å². The summed E-state index contributed by atoms with van der Waals surface area (Å²) in [7, 11) is 0. The number of aliphatic hydroxyl groups excluding tert-OH is 1. The van der Waals surface area contributed by atoms with Gasteiger partial charge in [-0.05, 0) is 0 Å². The van der Waals surface area contributed by atoms with E-state index in [9.17, 15) is 79.0 Å². The first kappa shape index (κ1) is 29.0. The Kier molecular flexibility index (Phi) is 7.02. The third kappa shape index (κ3) is 4.05. The van der Waals surface area contributed by atoms with E-state index in [1.165, 1.54) is 0 Å². The maximum Gasteiger partial charge on any atom is 0.460 e. The van der Waals surface area contributed by atoms with Crippen molar-refractivity contribution in [2.75, 3.05) is 0 Å². The monoisotopic (exact) mass is 530 g/mol. The summed E-state index contributed by atoms with van der Waals surface area (Å²) in [5, 5.41) is 9.17. The van der Waals surface area contributed by atoms with Crippen molar-refractivity contribution in [2.24, 2.45) is 0 Å². The van der Waals surface area contributed by atoms with Crippen LogP contribution in [0.4, 0.5) is 79.0 Å². The van der Waals surface area contributed by atoms with Crippen LogP contribution in [0.2, 0.25) is 0 Å². The molecule has 0 aliphatic rings. The quantitative estimate of drug-likeness (QED) is 0.241. The minimum Gasteiger partial charge on any atom is -0.388 e. The Bertz CT molecular complexity index is 871. The Morgan fingerprint density at radius 2 is 0.788 bits per heavy atom. The van der Waals surface area contributed by atoms with E-state index in [0.29, 0.717) is 0 Å². The molecule has 0 saturated carbocycles. The lowest BCUT2D eigenvalue weighted by molar-refractivity contribution is -0.440. The number of benzene rings is 1. The predicted molar refractivity (Wildman–Crippen MR) is 66.6 cm³/mol. The second-order valence-electron chi connectivity index (χ2n) is 6.20. The molecular weight excluding hydrogens is 526 g/mol. The number of halogens is 18. The summed E-state index contributed by atoms with van der Waals surface area (Å²) in [6.07, 6.45) is -15.4. The van der Waals surface area contributed by atoms with Crippen LogP contribution < -0.4 is 0 Å². The molecule has 192 valence electrons. The van der Waals surface area contributed by atoms with E-state index in [2.05, 4.69) is 0 Å². The highest BCUT2D eigenvalue weighted by molar-refractivity contribution is 5.26. The van der Waals surface area contributed by atoms with Crippen LogP contribution in [0.3, 0.4) is 0 Å². The highest BCUT2D eigenvalue weighted by Crippen LogP contribution is 2.61. The van der Waals surface area contributed by atoms with Crippen LogP contribution in [0.15, 0.2) is 0 Å². The summed E-state index contributed by atoms with van der Waals surface area (Å²) in [4.78, 5) is 0. The van der Waals surface area contributed by atoms with Gasteiger partial charge in [0.05, 0.1) is 11.7 Å². The molecule has 0 aliphatic heterocycles. The second-order valence-corrected chi connectivity index (χ2v) is 6.20. The average molecular weight is 530 g/mol. The highest BCUT2D eigenvalue weighted by Gasteiger charge is 2.90. The first-order valence-corrected chi connectivity index (χ1v) is 7.46. The standard InChI is InChI=1S/C14H4F18O/c15-4-3(5(16)7(18)8(19)6(4)17)2(33)1-9(20,21)10(22,23)11(24,25)12(26,27)13(28,29)14(30,31)32/h2,33H,1H2. The van der Waals surface area contributed by atoms with Crippen molar-refractivity contribution in [3.05, 3.63) is 34.6 Å². The molecule has 19 heteroatoms. The lowest BCUT2D eigenvalue weighted by atomic mass is 9.90. The van der Waals surface area contributed by atoms with E-state index in [0.717, 1.165) is 0 Å². The van der Waals surface area contributed by atoms with Crippen molar-refractivity contribution in [1.82, 2.24) is 0 Å². The summed E-state index contributed by atoms with van der Waals surface area (Å²) in [6.45, 7) is 0. The maximum absolute atomic E-state index is 13.6. The van der Waals surface area contributed by atoms with Crippen LogP contribution in [0.1, 0.15) is 18.1 Å². The third-order valence-electron chi connectivity index (χ3n) is 4.03. The largest absolute Gasteiger partial charge is 0.460 e. The summed E-state index contributed by atoms with van der Waals surface area (Å²) >= 11 is 0. The molecule has 0 fully saturated rings. The molecule has 0 saturated heterocycles. The van der Waals surface area contributed by atoms with E-state index >= 15 is 0 Å². The van der Waals surface area contributed by atoms with Gasteiger partial charge >= 0.3 is 35.8 Å². The first-order chi connectivity index (χ1) is 14.3. The molecular formula is C14H4F18O. The molecule has 0 aromatic heterocycles. The summed E-state index contributed by atoms with van der Waals surface area (Å²) < 4.78 is 234. The number of alkyl halides is 13. The lowest BCUT2D eigenvalue weighted by Crippen LogP contribution is -2.70. The van der Waals surface area contributed by atoms with Gasteiger partial charge in [-0.3, -0.25) is 0 Å². The van der Waals surface area contributed by atoms with Crippen LogP contribution in [-0.4, -0.2) is 40.9 Å². The number of hydrogen-bond acceptors (Lipinski definition) is 1. The van der Waals surface area contributed by atoms with Gasteiger partial charge in [0.1, 0.15) is 0 Å². The molecule has 1 atom stereocenters. The minimum absolute atomic E-state index is 2.75. The Hall–Kier alpha value is -2.08. The smallest absolute Gasteiger partial charge is 0.388 e. The SMILES string of the molecule is OC(CC(F)(F)C(F)(F)C(F)(F)C(F)(F)C(F)(F)C(F)(F)F)c1c(F)c(F)c(F)c(F)c1F. The molecule has 33 heavy (non-hydrogen) atoms. The van der Waals surface area contributed by atoms with Crippen LogP contribution in [0, 0.1) is 29.1 Å². The highest BCUT2D eigenvalue weighted by atomic mass is 19.4. The normalized spacial score (nSPS) is 15.7. The van der Waals surface area contributed by atoms with Gasteiger partial charge in [0.15, 0.2) is 23.3 Å². The molecule has 0 heterocycles. The van der Waals surface area contributed by atoms with E-state index in [-0.39, 0.29) is 0 Å². The fraction of sp³-hybridized carbons (Fsp3) is 0.571. The average Bonchev–Trinajstić information content (AvgIpc) is 2.62. The zero-order valence-electron chi connectivity index (χ0n) is 14.5. The van der Waals surface area contributed by atoms with Crippen molar-refractivity contribution in [2.45, 2.75) is 48.3 Å². The maximum atomic E-state index is 13.6. The van der Waals surface area contributed by atoms with E-state index < -0.39 is 83.0 Å². The van der Waals surface area contributed by atoms with Crippen LogP contribution in [-0.2, 0) is 0 Å². The molecule has 0 amide bonds. The zero-order chi connectivity index (χ0) is 26.7. The van der Waals surface area contributed by atoms with Crippen molar-refractivity contribution in [1.29, 1.82) is 0 Å². The first-order valence-electron chi connectivity index (χ1n) is 7.46. The van der Waals surface area contributed by atoms with Gasteiger partial charge in [0.2, 0.25) is 5.82 Å². The number of aliphatic hydroxyl groups is 1. The summed E-state index contributed by atoms with van der Waals surface area (Å²) in [6, 6.07) is 0. The van der Waals surface area contributed by atoms with E-state index in [1.54, 1.807) is 0 Å². The van der Waals surface area contributed by atoms with Crippen molar-refractivity contribution in [3.8, 4) is 0 Å². The molecule has 0 aliphatic carbocycles. The van der Waals surface area contributed by atoms with Crippen molar-refractivity contribution < 1.29 is 84.1 Å². The van der Waals surface area contributed by atoms with E-state index in [1.807, 2.05) is 0 Å². The third-order valence-corrected chi connectivity index (χ3v) is 4.03. The van der Waals surface area contributed by atoms with Gasteiger partial charge in [-0.25, -0.2) is 22.0 Å². The summed E-state index contributed by atoms with van der Waals surface area (Å²) in [5.41, 5.74) is -2.75. The van der Waals surface area contributed by atoms with Gasteiger partial charge in [0, 0.05) is 6.42 Å². The zero-order valence-corrected chi connectivity index (χ0v) is 14.5. The molecule has 0 radical (unpaired) electrons. The fourth-order valence-electron chi connectivity index (χ4n) is 2.19. The molecule has 0 bridgehead atoms. The topological polar surface area (TPSA) is 20.2 Å². The Morgan fingerprint density at radius 1 is 0.485 bits per heavy atom. The molecule has 0 spiro atoms. The van der Waals surface area contributed by atoms with Crippen LogP contribution in [0.5, 0.6) is 0 Å². The number of hydrogen-bond donors (Lipinski definition) is 1.